The molecular formula is C19H19FN2OS. The van der Waals surface area contributed by atoms with Crippen molar-refractivity contribution in [1.82, 2.24) is 4.98 Å². The third kappa shape index (κ3) is 3.97. The molecule has 1 N–H and O–H groups in total. The first kappa shape index (κ1) is 16.6. The van der Waals surface area contributed by atoms with Crippen LogP contribution in [0.25, 0.3) is 5.57 Å². The van der Waals surface area contributed by atoms with Gasteiger partial charge in [0.25, 0.3) is 0 Å². The molecule has 1 aliphatic rings. The van der Waals surface area contributed by atoms with Crippen LogP contribution < -0.4 is 5.32 Å². The number of allylic oxidation sites excluding steroid dienone is 4. The second-order valence-electron chi connectivity index (χ2n) is 5.78. The Morgan fingerprint density at radius 1 is 1.42 bits per heavy atom. The second-order valence-corrected chi connectivity index (χ2v) is 6.63. The Morgan fingerprint density at radius 2 is 2.25 bits per heavy atom. The number of hydrogen-bond donors (Lipinski definition) is 1. The average molecular weight is 342 g/mol. The molecule has 1 unspecified atom stereocenters. The molecule has 0 saturated carbocycles. The van der Waals surface area contributed by atoms with E-state index in [1.165, 1.54) is 17.4 Å². The number of nitrogens with zero attached hydrogens (tertiary/aromatic N) is 1. The number of carbonyl (C=O) groups excluding carboxylic acids is 1. The molecule has 1 aliphatic carbocycles. The van der Waals surface area contributed by atoms with Crippen LogP contribution in [0.1, 0.15) is 31.0 Å². The third-order valence-electron chi connectivity index (χ3n) is 4.07. The van der Waals surface area contributed by atoms with Crippen LogP contribution in [0.3, 0.4) is 0 Å². The van der Waals surface area contributed by atoms with Gasteiger partial charge in [-0.1, -0.05) is 43.4 Å². The summed E-state index contributed by atoms with van der Waals surface area (Å²) in [6.07, 6.45) is 8.66. The third-order valence-corrected chi connectivity index (χ3v) is 4.83. The van der Waals surface area contributed by atoms with Gasteiger partial charge in [0.15, 0.2) is 5.13 Å². The highest BCUT2D eigenvalue weighted by molar-refractivity contribution is 7.14. The molecule has 0 radical (unpaired) electrons. The van der Waals surface area contributed by atoms with Crippen molar-refractivity contribution in [2.45, 2.75) is 26.2 Å². The minimum Gasteiger partial charge on any atom is -0.302 e. The van der Waals surface area contributed by atoms with Gasteiger partial charge < -0.3 is 5.32 Å². The monoisotopic (exact) mass is 342 g/mol. The van der Waals surface area contributed by atoms with Crippen molar-refractivity contribution in [3.63, 3.8) is 0 Å². The number of carbonyl (C=O) groups is 1. The lowest BCUT2D eigenvalue weighted by Gasteiger charge is -2.12. The lowest BCUT2D eigenvalue weighted by molar-refractivity contribution is -0.115. The Kier molecular flexibility index (Phi) is 5.20. The molecule has 0 spiro atoms. The lowest BCUT2D eigenvalue weighted by atomic mass is 9.94. The molecule has 2 aromatic rings. The van der Waals surface area contributed by atoms with Gasteiger partial charge in [0.05, 0.1) is 12.1 Å². The van der Waals surface area contributed by atoms with Gasteiger partial charge in [-0.3, -0.25) is 4.79 Å². The SMILES string of the molecule is CCC1C=CC(c2csc(NC(=O)Cc3ccccc3F)n2)=CC1. The molecular weight excluding hydrogens is 323 g/mol. The molecule has 3 nitrogen and oxygen atoms in total. The molecule has 124 valence electrons. The number of nitrogens with one attached hydrogen (secondary N) is 1. The van der Waals surface area contributed by atoms with Crippen LogP contribution in [0.5, 0.6) is 0 Å². The van der Waals surface area contributed by atoms with Crippen LogP contribution in [0, 0.1) is 11.7 Å². The number of anilines is 1. The van der Waals surface area contributed by atoms with Gasteiger partial charge in [-0.2, -0.15) is 0 Å². The van der Waals surface area contributed by atoms with Crippen molar-refractivity contribution in [1.29, 1.82) is 0 Å². The molecule has 1 amide bonds. The first-order chi connectivity index (χ1) is 11.7. The minimum absolute atomic E-state index is 0.00235. The number of amides is 1. The van der Waals surface area contributed by atoms with E-state index in [0.29, 0.717) is 16.6 Å². The molecule has 1 aromatic heterocycles. The summed E-state index contributed by atoms with van der Waals surface area (Å²) in [6, 6.07) is 6.30. The maximum Gasteiger partial charge on any atom is 0.230 e. The van der Waals surface area contributed by atoms with Gasteiger partial charge in [-0.25, -0.2) is 9.37 Å². The second kappa shape index (κ2) is 7.53. The van der Waals surface area contributed by atoms with Crippen LogP contribution in [0.15, 0.2) is 47.9 Å². The normalized spacial score (nSPS) is 16.8. The quantitative estimate of drug-likeness (QED) is 0.845. The van der Waals surface area contributed by atoms with Crippen LogP contribution >= 0.6 is 11.3 Å². The van der Waals surface area contributed by atoms with Crippen LogP contribution in [0.2, 0.25) is 0 Å². The zero-order valence-corrected chi connectivity index (χ0v) is 14.3. The summed E-state index contributed by atoms with van der Waals surface area (Å²) in [5, 5.41) is 5.22. The van der Waals surface area contributed by atoms with Crippen LogP contribution in [0.4, 0.5) is 9.52 Å². The molecule has 0 bridgehead atoms. The van der Waals surface area contributed by atoms with Gasteiger partial charge in [-0.15, -0.1) is 11.3 Å². The van der Waals surface area contributed by atoms with Gasteiger partial charge in [-0.05, 0) is 36.0 Å². The largest absolute Gasteiger partial charge is 0.302 e. The Morgan fingerprint density at radius 3 is 2.96 bits per heavy atom. The van der Waals surface area contributed by atoms with Crippen molar-refractivity contribution in [3.05, 3.63) is 64.9 Å². The number of benzene rings is 1. The summed E-state index contributed by atoms with van der Waals surface area (Å²) < 4.78 is 13.6. The summed E-state index contributed by atoms with van der Waals surface area (Å²) in [4.78, 5) is 16.5. The molecule has 1 heterocycles. The Hall–Kier alpha value is -2.27. The summed E-state index contributed by atoms with van der Waals surface area (Å²) in [5.74, 6) is -0.0250. The highest BCUT2D eigenvalue weighted by atomic mass is 32.1. The first-order valence-electron chi connectivity index (χ1n) is 8.03. The molecule has 1 atom stereocenters. The fourth-order valence-electron chi connectivity index (χ4n) is 2.60. The molecule has 5 heteroatoms. The van der Waals surface area contributed by atoms with Crippen molar-refractivity contribution in [2.75, 3.05) is 5.32 Å². The van der Waals surface area contributed by atoms with Gasteiger partial charge in [0.1, 0.15) is 5.82 Å². The molecule has 1 aromatic carbocycles. The summed E-state index contributed by atoms with van der Waals surface area (Å²) in [5.41, 5.74) is 2.34. The predicted molar refractivity (Wildman–Crippen MR) is 96.4 cm³/mol. The number of hydrogen-bond acceptors (Lipinski definition) is 3. The van der Waals surface area contributed by atoms with Crippen LogP contribution in [-0.4, -0.2) is 10.9 Å². The van der Waals surface area contributed by atoms with E-state index < -0.39 is 0 Å². The van der Waals surface area contributed by atoms with E-state index in [-0.39, 0.29) is 18.1 Å². The smallest absolute Gasteiger partial charge is 0.230 e. The number of thiazole rings is 1. The first-order valence-corrected chi connectivity index (χ1v) is 8.91. The maximum atomic E-state index is 13.6. The molecule has 3 rings (SSSR count). The molecule has 0 aliphatic heterocycles. The van der Waals surface area contributed by atoms with E-state index in [4.69, 9.17) is 0 Å². The van der Waals surface area contributed by atoms with Gasteiger partial charge in [0, 0.05) is 5.38 Å². The van der Waals surface area contributed by atoms with E-state index in [2.05, 4.69) is 35.5 Å². The lowest BCUT2D eigenvalue weighted by Crippen LogP contribution is -2.15. The molecule has 0 fully saturated rings. The van der Waals surface area contributed by atoms with E-state index in [9.17, 15) is 9.18 Å². The zero-order valence-electron chi connectivity index (χ0n) is 13.5. The summed E-state index contributed by atoms with van der Waals surface area (Å²) in [6.45, 7) is 2.18. The Labute approximate surface area is 144 Å². The van der Waals surface area contributed by atoms with Crippen LogP contribution in [-0.2, 0) is 11.2 Å². The summed E-state index contributed by atoms with van der Waals surface area (Å²) in [7, 11) is 0. The highest BCUT2D eigenvalue weighted by Gasteiger charge is 2.13. The standard InChI is InChI=1S/C19H19FN2OS/c1-2-13-7-9-14(10-8-13)17-12-24-19(21-17)22-18(23)11-15-5-3-4-6-16(15)20/h3-7,9-10,12-13H,2,8,11H2,1H3,(H,21,22,23). The summed E-state index contributed by atoms with van der Waals surface area (Å²) >= 11 is 1.38. The van der Waals surface area contributed by atoms with E-state index in [1.54, 1.807) is 18.2 Å². The number of halogens is 1. The van der Waals surface area contributed by atoms with Crippen molar-refractivity contribution in [2.24, 2.45) is 5.92 Å². The highest BCUT2D eigenvalue weighted by Crippen LogP contribution is 2.28. The Bertz CT molecular complexity index is 794. The fraction of sp³-hybridized carbons (Fsp3) is 0.263. The zero-order chi connectivity index (χ0) is 16.9. The van der Waals surface area contributed by atoms with E-state index in [0.717, 1.165) is 24.1 Å². The minimum atomic E-state index is -0.365. The maximum absolute atomic E-state index is 13.6. The van der Waals surface area contributed by atoms with Crippen molar-refractivity contribution >= 4 is 27.9 Å². The van der Waals surface area contributed by atoms with Crippen molar-refractivity contribution in [3.8, 4) is 0 Å². The predicted octanol–water partition coefficient (Wildman–Crippen LogP) is 4.83. The average Bonchev–Trinajstić information content (AvgIpc) is 3.05. The van der Waals surface area contributed by atoms with E-state index >= 15 is 0 Å². The van der Waals surface area contributed by atoms with E-state index in [1.807, 2.05) is 5.38 Å². The van der Waals surface area contributed by atoms with Gasteiger partial charge in [0.2, 0.25) is 5.91 Å². The number of rotatable bonds is 5. The topological polar surface area (TPSA) is 42.0 Å². The Balaban J connectivity index is 1.62. The fourth-order valence-corrected chi connectivity index (χ4v) is 3.34. The molecule has 24 heavy (non-hydrogen) atoms. The molecule has 0 saturated heterocycles. The van der Waals surface area contributed by atoms with Crippen molar-refractivity contribution < 1.29 is 9.18 Å². The number of aromatic nitrogens is 1. The van der Waals surface area contributed by atoms with Gasteiger partial charge >= 0.3 is 0 Å².